The number of rotatable bonds is 2. The Labute approximate surface area is 73.1 Å². The largest absolute Gasteiger partial charge is 0.476 e. The Kier molecular flexibility index (Phi) is 2.29. The number of nitrogen functional groups attached to an aromatic ring is 1. The molecule has 1 aromatic rings. The fourth-order valence-corrected chi connectivity index (χ4v) is 0.858. The number of aromatic carboxylic acids is 1. The maximum absolute atomic E-state index is 11.0. The van der Waals surface area contributed by atoms with Gasteiger partial charge in [0.05, 0.1) is 0 Å². The second kappa shape index (κ2) is 3.23. The van der Waals surface area contributed by atoms with Gasteiger partial charge < -0.3 is 5.11 Å². The van der Waals surface area contributed by atoms with Crippen molar-refractivity contribution in [2.24, 2.45) is 12.9 Å². The Morgan fingerprint density at radius 2 is 2.31 bits per heavy atom. The first-order chi connectivity index (χ1) is 6.06. The highest BCUT2D eigenvalue weighted by molar-refractivity contribution is 5.95. The minimum atomic E-state index is -1.19. The van der Waals surface area contributed by atoms with Gasteiger partial charge in [-0.3, -0.25) is 14.9 Å². The third-order valence-corrected chi connectivity index (χ3v) is 1.46. The smallest absolute Gasteiger partial charge is 0.356 e. The van der Waals surface area contributed by atoms with E-state index in [0.717, 1.165) is 10.7 Å². The van der Waals surface area contributed by atoms with E-state index in [4.69, 9.17) is 10.9 Å². The summed E-state index contributed by atoms with van der Waals surface area (Å²) in [5, 5.41) is 12.1. The van der Waals surface area contributed by atoms with Gasteiger partial charge in [0.15, 0.2) is 5.69 Å². The first-order valence-electron chi connectivity index (χ1n) is 3.34. The molecule has 0 fully saturated rings. The lowest BCUT2D eigenvalue weighted by molar-refractivity contribution is 0.0689. The number of carbonyl (C=O) groups is 2. The number of hydrogen-bond acceptors (Lipinski definition) is 4. The Bertz CT molecular complexity index is 357. The van der Waals surface area contributed by atoms with Gasteiger partial charge in [-0.15, -0.1) is 0 Å². The zero-order chi connectivity index (χ0) is 10.0. The molecule has 0 bridgehead atoms. The van der Waals surface area contributed by atoms with E-state index in [1.807, 2.05) is 5.43 Å². The van der Waals surface area contributed by atoms with E-state index in [9.17, 15) is 9.59 Å². The molecule has 0 spiro atoms. The SMILES string of the molecule is Cn1nc(C(=O)O)cc1C(=O)NN. The number of aryl methyl sites for hydroxylation is 1. The van der Waals surface area contributed by atoms with E-state index in [0.29, 0.717) is 0 Å². The van der Waals surface area contributed by atoms with Gasteiger partial charge >= 0.3 is 5.97 Å². The van der Waals surface area contributed by atoms with Crippen molar-refractivity contribution in [1.82, 2.24) is 15.2 Å². The fourth-order valence-electron chi connectivity index (χ4n) is 0.858. The number of carbonyl (C=O) groups excluding carboxylic acids is 1. The molecule has 1 amide bonds. The number of aromatic nitrogens is 2. The van der Waals surface area contributed by atoms with E-state index >= 15 is 0 Å². The maximum atomic E-state index is 11.0. The monoisotopic (exact) mass is 184 g/mol. The molecule has 0 aliphatic heterocycles. The van der Waals surface area contributed by atoms with Crippen LogP contribution in [-0.4, -0.2) is 26.8 Å². The predicted molar refractivity (Wildman–Crippen MR) is 41.8 cm³/mol. The van der Waals surface area contributed by atoms with Gasteiger partial charge in [0.1, 0.15) is 5.69 Å². The molecular formula is C6H8N4O3. The van der Waals surface area contributed by atoms with Crippen molar-refractivity contribution in [2.75, 3.05) is 0 Å². The Morgan fingerprint density at radius 3 is 2.69 bits per heavy atom. The van der Waals surface area contributed by atoms with Gasteiger partial charge in [-0.1, -0.05) is 0 Å². The number of nitrogens with one attached hydrogen (secondary N) is 1. The molecule has 0 saturated heterocycles. The van der Waals surface area contributed by atoms with Crippen molar-refractivity contribution in [3.63, 3.8) is 0 Å². The number of nitrogens with zero attached hydrogens (tertiary/aromatic N) is 2. The lowest BCUT2D eigenvalue weighted by atomic mass is 10.3. The first-order valence-corrected chi connectivity index (χ1v) is 3.34. The quantitative estimate of drug-likeness (QED) is 0.301. The minimum Gasteiger partial charge on any atom is -0.476 e. The average molecular weight is 184 g/mol. The van der Waals surface area contributed by atoms with Crippen molar-refractivity contribution in [2.45, 2.75) is 0 Å². The van der Waals surface area contributed by atoms with Crippen molar-refractivity contribution in [3.05, 3.63) is 17.5 Å². The lowest BCUT2D eigenvalue weighted by Gasteiger charge is -1.97. The van der Waals surface area contributed by atoms with Crippen molar-refractivity contribution in [3.8, 4) is 0 Å². The molecule has 0 aromatic carbocycles. The second-order valence-corrected chi connectivity index (χ2v) is 2.32. The lowest BCUT2D eigenvalue weighted by Crippen LogP contribution is -2.31. The van der Waals surface area contributed by atoms with E-state index in [1.165, 1.54) is 7.05 Å². The summed E-state index contributed by atoms with van der Waals surface area (Å²) in [6.07, 6.45) is 0. The number of amides is 1. The van der Waals surface area contributed by atoms with Crippen molar-refractivity contribution in [1.29, 1.82) is 0 Å². The molecule has 1 aromatic heterocycles. The summed E-state index contributed by atoms with van der Waals surface area (Å²) >= 11 is 0. The van der Waals surface area contributed by atoms with Crippen LogP contribution in [0.1, 0.15) is 21.0 Å². The fraction of sp³-hybridized carbons (Fsp3) is 0.167. The van der Waals surface area contributed by atoms with Gasteiger partial charge in [0.2, 0.25) is 0 Å². The number of hydrazine groups is 1. The highest BCUT2D eigenvalue weighted by atomic mass is 16.4. The third-order valence-electron chi connectivity index (χ3n) is 1.46. The van der Waals surface area contributed by atoms with Crippen LogP contribution in [0.2, 0.25) is 0 Å². The summed E-state index contributed by atoms with van der Waals surface area (Å²) in [4.78, 5) is 21.4. The average Bonchev–Trinajstić information content (AvgIpc) is 2.46. The molecule has 1 rings (SSSR count). The number of hydrogen-bond donors (Lipinski definition) is 3. The van der Waals surface area contributed by atoms with Gasteiger partial charge in [0, 0.05) is 13.1 Å². The van der Waals surface area contributed by atoms with Crippen LogP contribution >= 0.6 is 0 Å². The summed E-state index contributed by atoms with van der Waals surface area (Å²) in [6.45, 7) is 0. The molecule has 0 radical (unpaired) electrons. The van der Waals surface area contributed by atoms with Crippen LogP contribution in [-0.2, 0) is 7.05 Å². The standard InChI is InChI=1S/C6H8N4O3/c1-10-4(5(11)8-7)2-3(9-10)6(12)13/h2H,7H2,1H3,(H,8,11)(H,12,13). The third kappa shape index (κ3) is 1.64. The molecule has 0 aliphatic rings. The molecule has 1 heterocycles. The Balaban J connectivity index is 3.10. The summed E-state index contributed by atoms with van der Waals surface area (Å²) in [6, 6.07) is 1.14. The van der Waals surface area contributed by atoms with Crippen molar-refractivity contribution < 1.29 is 14.7 Å². The highest BCUT2D eigenvalue weighted by Gasteiger charge is 2.15. The number of carboxylic acid groups (broad SMARTS) is 1. The van der Waals surface area contributed by atoms with Gasteiger partial charge in [-0.2, -0.15) is 5.10 Å². The highest BCUT2D eigenvalue weighted by Crippen LogP contribution is 2.02. The van der Waals surface area contributed by atoms with E-state index in [1.54, 1.807) is 0 Å². The maximum Gasteiger partial charge on any atom is 0.356 e. The first kappa shape index (κ1) is 9.20. The van der Waals surface area contributed by atoms with Crippen LogP contribution in [0.15, 0.2) is 6.07 Å². The van der Waals surface area contributed by atoms with Crippen LogP contribution in [0.4, 0.5) is 0 Å². The van der Waals surface area contributed by atoms with E-state index in [-0.39, 0.29) is 11.4 Å². The number of carboxylic acids is 1. The predicted octanol–water partition coefficient (Wildman–Crippen LogP) is -1.28. The summed E-state index contributed by atoms with van der Waals surface area (Å²) < 4.78 is 1.14. The summed E-state index contributed by atoms with van der Waals surface area (Å²) in [5.41, 5.74) is 1.79. The molecular weight excluding hydrogens is 176 g/mol. The van der Waals surface area contributed by atoms with Crippen LogP contribution < -0.4 is 11.3 Å². The Morgan fingerprint density at radius 1 is 1.69 bits per heavy atom. The molecule has 0 unspecified atom stereocenters. The zero-order valence-electron chi connectivity index (χ0n) is 6.81. The minimum absolute atomic E-state index is 0.0971. The van der Waals surface area contributed by atoms with Crippen LogP contribution in [0, 0.1) is 0 Å². The molecule has 0 atom stereocenters. The summed E-state index contributed by atoms with van der Waals surface area (Å²) in [5.74, 6) is 3.10. The molecule has 0 saturated carbocycles. The normalized spacial score (nSPS) is 9.69. The van der Waals surface area contributed by atoms with E-state index in [2.05, 4.69) is 5.10 Å². The van der Waals surface area contributed by atoms with E-state index < -0.39 is 11.9 Å². The molecule has 7 nitrogen and oxygen atoms in total. The molecule has 70 valence electrons. The summed E-state index contributed by atoms with van der Waals surface area (Å²) in [7, 11) is 1.46. The van der Waals surface area contributed by atoms with Crippen LogP contribution in [0.5, 0.6) is 0 Å². The van der Waals surface area contributed by atoms with Gasteiger partial charge in [-0.25, -0.2) is 10.6 Å². The van der Waals surface area contributed by atoms with Crippen LogP contribution in [0.25, 0.3) is 0 Å². The van der Waals surface area contributed by atoms with Gasteiger partial charge in [-0.05, 0) is 0 Å². The second-order valence-electron chi connectivity index (χ2n) is 2.32. The molecule has 0 aliphatic carbocycles. The van der Waals surface area contributed by atoms with Gasteiger partial charge in [0.25, 0.3) is 5.91 Å². The Hall–Kier alpha value is -1.89. The topological polar surface area (TPSA) is 110 Å². The number of nitrogens with two attached hydrogens (primary N) is 1. The zero-order valence-corrected chi connectivity index (χ0v) is 6.81. The molecule has 13 heavy (non-hydrogen) atoms. The molecule has 7 heteroatoms. The molecule has 4 N–H and O–H groups in total. The van der Waals surface area contributed by atoms with Crippen LogP contribution in [0.3, 0.4) is 0 Å². The van der Waals surface area contributed by atoms with Crippen molar-refractivity contribution >= 4 is 11.9 Å².